The van der Waals surface area contributed by atoms with Crippen molar-refractivity contribution in [2.75, 3.05) is 42.3 Å². The molecule has 0 bridgehead atoms. The molecular weight excluding hydrogens is 1230 g/mol. The van der Waals surface area contributed by atoms with Crippen LogP contribution >= 0.6 is 11.6 Å². The molecule has 92 heavy (non-hydrogen) atoms. The smallest absolute Gasteiger partial charge is 0.455 e. The second-order valence-corrected chi connectivity index (χ2v) is 28.3. The van der Waals surface area contributed by atoms with Gasteiger partial charge in [-0.15, -0.1) is 0 Å². The zero-order valence-electron chi connectivity index (χ0n) is 52.4. The van der Waals surface area contributed by atoms with E-state index < -0.39 is 55.9 Å². The van der Waals surface area contributed by atoms with Crippen molar-refractivity contribution in [2.24, 2.45) is 0 Å². The fraction of sp³-hybridized carbons (Fsp3) is 0.205. The molecule has 0 saturated carbocycles. The number of hydrogen-bond acceptors (Lipinski definition) is 10. The van der Waals surface area contributed by atoms with E-state index in [2.05, 4.69) is 78.1 Å². The molecule has 10 aromatic rings. The Labute approximate surface area is 540 Å². The third-order valence-corrected chi connectivity index (χ3v) is 20.0. The van der Waals surface area contributed by atoms with Gasteiger partial charge >= 0.3 is 7.12 Å². The first-order chi connectivity index (χ1) is 43.7. The first kappa shape index (κ1) is 64.6. The summed E-state index contributed by atoms with van der Waals surface area (Å²) < 4.78 is 105. The minimum atomic E-state index is -3.66. The summed E-state index contributed by atoms with van der Waals surface area (Å²) in [7, 11) is -3.76. The van der Waals surface area contributed by atoms with Crippen LogP contribution in [0.2, 0.25) is 5.02 Å². The van der Waals surface area contributed by atoms with Crippen molar-refractivity contribution in [3.63, 3.8) is 0 Å². The van der Waals surface area contributed by atoms with Gasteiger partial charge in [-0.2, -0.15) is 0 Å². The molecule has 0 atom stereocenters. The van der Waals surface area contributed by atoms with Crippen LogP contribution in [-0.2, 0) is 42.2 Å². The Morgan fingerprint density at radius 1 is 0.554 bits per heavy atom. The zero-order chi connectivity index (χ0) is 65.8. The van der Waals surface area contributed by atoms with Crippen LogP contribution < -0.4 is 19.4 Å². The number of Topliss-reactive ketones (excluding diaryl/α,β-unsaturated/α-hetero) is 1. The van der Waals surface area contributed by atoms with Gasteiger partial charge in [0, 0.05) is 77.6 Å². The Morgan fingerprint density at radius 3 is 1.49 bits per heavy atom. The van der Waals surface area contributed by atoms with Crippen LogP contribution in [0.5, 0.6) is 0 Å². The average Bonchev–Trinajstić information content (AvgIpc) is 1.56. The standard InChI is InChI=1S/C34H28FNO4S.C24H28BFN2O6S.C15H11Cl/c1-4-31(37)33-29-19-28(24-11-10-22-14-17-26(27(22)18-24)21-8-6-5-7-9-21)30(36(2)41(3,38)39)20-32(29)40-34(33)23-12-15-25(35)16-13-23;1-23(2)24(3,4)34-25(33-23)17-12-16-19(13-18(17)28(6)35(7,30)31)32-21(20(16)22(29)27-5)14-8-10-15(26)11-9-14;16-13-8-6-12-7-9-14(15(12)10-13)11-4-2-1-3-5-11/h5-13,15-20H,4,14H2,1-3H3;8-13H,1-7H3,(H,27,29);1-6,8-10H,7H2. The molecule has 1 N–H and O–H groups in total. The van der Waals surface area contributed by atoms with E-state index in [1.807, 2.05) is 70.2 Å². The number of nitrogens with one attached hydrogen (secondary N) is 1. The molecule has 3 heterocycles. The SMILES string of the molecule is CCC(=O)c1c(-c2ccc(F)cc2)oc2cc(N(C)S(C)(=O)=O)c(-c3ccc4c(c3)C(c3ccccc3)=CC4)cc12.CNC(=O)c1c(-c2ccc(F)cc2)oc2cc(N(C)S(C)(=O)=O)c(B3OC(C)(C)C(C)(C)O3)cc12.Clc1ccc2c(c1)C(c1ccccc1)=CC2. The molecule has 1 fully saturated rings. The molecule has 8 aromatic carbocycles. The van der Waals surface area contributed by atoms with Crippen LogP contribution in [0.15, 0.2) is 191 Å². The molecule has 3 aliphatic rings. The number of allylic oxidation sites excluding steroid dienone is 2. The van der Waals surface area contributed by atoms with Gasteiger partial charge in [0.15, 0.2) is 5.78 Å². The third-order valence-electron chi connectivity index (χ3n) is 17.4. The number of rotatable bonds is 13. The quantitative estimate of drug-likeness (QED) is 0.0867. The number of halogens is 3. The van der Waals surface area contributed by atoms with Gasteiger partial charge in [-0.3, -0.25) is 18.2 Å². The Bertz CT molecular complexity index is 4820. The van der Waals surface area contributed by atoms with E-state index in [1.54, 1.807) is 37.3 Å². The molecular formula is C73H67BClF2N3O10S2. The second kappa shape index (κ2) is 25.3. The van der Waals surface area contributed by atoms with Crippen LogP contribution in [-0.4, -0.2) is 80.5 Å². The van der Waals surface area contributed by atoms with Crippen LogP contribution in [0.1, 0.15) is 95.1 Å². The lowest BCUT2D eigenvalue weighted by Gasteiger charge is -2.32. The van der Waals surface area contributed by atoms with E-state index >= 15 is 0 Å². The van der Waals surface area contributed by atoms with Crippen LogP contribution in [0.3, 0.4) is 0 Å². The number of amides is 1. The topological polar surface area (TPSA) is 166 Å². The van der Waals surface area contributed by atoms with E-state index in [0.29, 0.717) is 61.2 Å². The predicted molar refractivity (Wildman–Crippen MR) is 365 cm³/mol. The van der Waals surface area contributed by atoms with Crippen LogP contribution in [0, 0.1) is 11.6 Å². The molecule has 0 spiro atoms. The number of nitrogens with zero attached hydrogens (tertiary/aromatic N) is 2. The summed E-state index contributed by atoms with van der Waals surface area (Å²) in [5.41, 5.74) is 13.4. The summed E-state index contributed by atoms with van der Waals surface area (Å²) in [6.45, 7) is 9.36. The minimum Gasteiger partial charge on any atom is -0.455 e. The van der Waals surface area contributed by atoms with Crippen molar-refractivity contribution in [1.82, 2.24) is 5.32 Å². The average molecular weight is 1290 g/mol. The first-order valence-electron chi connectivity index (χ1n) is 29.8. The molecule has 1 saturated heterocycles. The lowest BCUT2D eigenvalue weighted by atomic mass is 9.77. The van der Waals surface area contributed by atoms with Gasteiger partial charge in [-0.05, 0) is 169 Å². The maximum Gasteiger partial charge on any atom is 0.497 e. The summed E-state index contributed by atoms with van der Waals surface area (Å²) in [6, 6.07) is 51.0. The lowest BCUT2D eigenvalue weighted by molar-refractivity contribution is 0.00578. The Morgan fingerprint density at radius 2 is 1.00 bits per heavy atom. The Balaban J connectivity index is 0.000000153. The highest BCUT2D eigenvalue weighted by atomic mass is 35.5. The molecule has 2 aromatic heterocycles. The van der Waals surface area contributed by atoms with Gasteiger partial charge in [0.2, 0.25) is 20.0 Å². The van der Waals surface area contributed by atoms with Gasteiger partial charge in [0.1, 0.15) is 34.3 Å². The molecule has 0 radical (unpaired) electrons. The number of hydrogen-bond donors (Lipinski definition) is 1. The van der Waals surface area contributed by atoms with E-state index in [4.69, 9.17) is 29.7 Å². The van der Waals surface area contributed by atoms with Gasteiger partial charge in [-0.1, -0.05) is 110 Å². The largest absolute Gasteiger partial charge is 0.497 e. The Kier molecular flexibility index (Phi) is 17.8. The molecule has 470 valence electrons. The van der Waals surface area contributed by atoms with Crippen molar-refractivity contribution in [2.45, 2.75) is 65.1 Å². The molecule has 1 aliphatic heterocycles. The monoisotopic (exact) mass is 1290 g/mol. The van der Waals surface area contributed by atoms with Gasteiger partial charge in [-0.25, -0.2) is 25.6 Å². The van der Waals surface area contributed by atoms with E-state index in [0.717, 1.165) is 56.9 Å². The van der Waals surface area contributed by atoms with Crippen molar-refractivity contribution in [3.8, 4) is 33.8 Å². The van der Waals surface area contributed by atoms with Crippen LogP contribution in [0.25, 0.3) is 66.9 Å². The maximum atomic E-state index is 13.7. The van der Waals surface area contributed by atoms with E-state index in [9.17, 15) is 35.2 Å². The molecule has 0 unspecified atom stereocenters. The molecule has 1 amide bonds. The zero-order valence-corrected chi connectivity index (χ0v) is 54.8. The number of fused-ring (bicyclic) bond motifs is 4. The predicted octanol–water partition coefficient (Wildman–Crippen LogP) is 15.5. The first-order valence-corrected chi connectivity index (χ1v) is 33.9. The van der Waals surface area contributed by atoms with Crippen molar-refractivity contribution >= 4 is 100 Å². The third kappa shape index (κ3) is 12.7. The second-order valence-electron chi connectivity index (χ2n) is 23.9. The minimum absolute atomic E-state index is 0.124. The van der Waals surface area contributed by atoms with Gasteiger partial charge in [0.05, 0.1) is 46.2 Å². The fourth-order valence-electron chi connectivity index (χ4n) is 11.6. The van der Waals surface area contributed by atoms with Crippen LogP contribution in [0.4, 0.5) is 20.2 Å². The van der Waals surface area contributed by atoms with Gasteiger partial charge in [0.25, 0.3) is 5.91 Å². The highest BCUT2D eigenvalue weighted by molar-refractivity contribution is 7.92. The highest BCUT2D eigenvalue weighted by Crippen LogP contribution is 2.45. The number of ketones is 1. The highest BCUT2D eigenvalue weighted by Gasteiger charge is 2.53. The molecule has 13 rings (SSSR count). The number of furan rings is 2. The van der Waals surface area contributed by atoms with Crippen molar-refractivity contribution < 1.29 is 53.3 Å². The lowest BCUT2D eigenvalue weighted by Crippen LogP contribution is -2.41. The summed E-state index contributed by atoms with van der Waals surface area (Å²) in [5.74, 6) is -0.785. The van der Waals surface area contributed by atoms with Gasteiger partial charge < -0.3 is 23.5 Å². The van der Waals surface area contributed by atoms with E-state index in [-0.39, 0.29) is 29.1 Å². The summed E-state index contributed by atoms with van der Waals surface area (Å²) >= 11 is 6.05. The number of benzene rings is 8. The number of sulfonamides is 2. The summed E-state index contributed by atoms with van der Waals surface area (Å²) in [6.07, 6.45) is 8.79. The van der Waals surface area contributed by atoms with Crippen molar-refractivity contribution in [3.05, 3.63) is 243 Å². The maximum absolute atomic E-state index is 13.7. The fourth-order valence-corrected chi connectivity index (χ4v) is 12.7. The van der Waals surface area contributed by atoms with Crippen molar-refractivity contribution in [1.29, 1.82) is 0 Å². The number of carbonyl (C=O) groups excluding carboxylic acids is 2. The number of carbonyl (C=O) groups is 2. The molecule has 13 nitrogen and oxygen atoms in total. The number of anilines is 2. The summed E-state index contributed by atoms with van der Waals surface area (Å²) in [4.78, 5) is 26.2. The molecule has 19 heteroatoms. The molecule has 2 aliphatic carbocycles. The Hall–Kier alpha value is -8.91. The normalized spacial score (nSPS) is 14.6. The van der Waals surface area contributed by atoms with E-state index in [1.165, 1.54) is 89.7 Å². The summed E-state index contributed by atoms with van der Waals surface area (Å²) in [5, 5.41) is 4.45.